The lowest BCUT2D eigenvalue weighted by Gasteiger charge is -2.24. The van der Waals surface area contributed by atoms with Gasteiger partial charge in [0.2, 0.25) is 0 Å². The van der Waals surface area contributed by atoms with Crippen LogP contribution in [0.2, 0.25) is 0 Å². The molecule has 1 aromatic rings. The van der Waals surface area contributed by atoms with E-state index >= 15 is 0 Å². The van der Waals surface area contributed by atoms with E-state index in [0.717, 1.165) is 5.92 Å². The molecule has 1 rings (SSSR count). The highest BCUT2D eigenvalue weighted by atomic mass is 79.9. The van der Waals surface area contributed by atoms with Crippen molar-refractivity contribution in [1.82, 2.24) is 0 Å². The maximum absolute atomic E-state index is 3.80. The summed E-state index contributed by atoms with van der Waals surface area (Å²) in [5.41, 5.74) is 0.433. The van der Waals surface area contributed by atoms with Gasteiger partial charge in [-0.25, -0.2) is 0 Å². The molecule has 0 fully saturated rings. The van der Waals surface area contributed by atoms with Crippen LogP contribution in [0.25, 0.3) is 0 Å². The third kappa shape index (κ3) is 5.33. The Kier molecular flexibility index (Phi) is 5.53. The normalized spacial score (nSPS) is 16.1. The second-order valence-electron chi connectivity index (χ2n) is 5.72. The molecule has 0 nitrogen and oxygen atoms in total. The minimum absolute atomic E-state index is 0.433. The highest BCUT2D eigenvalue weighted by molar-refractivity contribution is 9.11. The van der Waals surface area contributed by atoms with Crippen molar-refractivity contribution in [1.29, 1.82) is 0 Å². The standard InChI is InChI=1S/C13H20Br2S/c1-9(8-13(2,3)4)7-10(14)11-5-6-12(15)16-11/h5-6,9-10H,7-8H2,1-4H3. The van der Waals surface area contributed by atoms with Gasteiger partial charge < -0.3 is 0 Å². The van der Waals surface area contributed by atoms with Crippen LogP contribution < -0.4 is 0 Å². The van der Waals surface area contributed by atoms with Crippen LogP contribution in [0.5, 0.6) is 0 Å². The fraction of sp³-hybridized carbons (Fsp3) is 0.692. The molecule has 0 aromatic carbocycles. The first kappa shape index (κ1) is 14.7. The smallest absolute Gasteiger partial charge is 0.0701 e. The van der Waals surface area contributed by atoms with Crippen LogP contribution >= 0.6 is 43.2 Å². The van der Waals surface area contributed by atoms with E-state index in [-0.39, 0.29) is 0 Å². The fourth-order valence-electron chi connectivity index (χ4n) is 2.09. The maximum Gasteiger partial charge on any atom is 0.0701 e. The molecule has 0 N–H and O–H groups in total. The minimum Gasteiger partial charge on any atom is -0.132 e. The van der Waals surface area contributed by atoms with Crippen molar-refractivity contribution < 1.29 is 0 Å². The molecule has 0 amide bonds. The van der Waals surface area contributed by atoms with Gasteiger partial charge in [-0.1, -0.05) is 43.6 Å². The zero-order valence-electron chi connectivity index (χ0n) is 10.4. The van der Waals surface area contributed by atoms with Crippen molar-refractivity contribution in [2.24, 2.45) is 11.3 Å². The van der Waals surface area contributed by atoms with Gasteiger partial charge in [-0.3, -0.25) is 0 Å². The molecule has 0 saturated carbocycles. The van der Waals surface area contributed by atoms with Gasteiger partial charge in [0.25, 0.3) is 0 Å². The predicted molar refractivity (Wildman–Crippen MR) is 81.5 cm³/mol. The number of alkyl halides is 1. The molecule has 1 aromatic heterocycles. The molecule has 92 valence electrons. The first-order chi connectivity index (χ1) is 7.28. The predicted octanol–water partition coefficient (Wildman–Crippen LogP) is 6.41. The molecule has 0 aliphatic rings. The van der Waals surface area contributed by atoms with Gasteiger partial charge in [0.05, 0.1) is 3.79 Å². The number of hydrogen-bond acceptors (Lipinski definition) is 1. The summed E-state index contributed by atoms with van der Waals surface area (Å²) in [4.78, 5) is 1.92. The molecule has 2 unspecified atom stereocenters. The van der Waals surface area contributed by atoms with Crippen LogP contribution in [-0.4, -0.2) is 0 Å². The van der Waals surface area contributed by atoms with Crippen molar-refractivity contribution in [2.45, 2.75) is 45.4 Å². The summed E-state index contributed by atoms with van der Waals surface area (Å²) in [6.45, 7) is 9.29. The summed E-state index contributed by atoms with van der Waals surface area (Å²) in [6, 6.07) is 4.33. The van der Waals surface area contributed by atoms with Crippen molar-refractivity contribution in [3.8, 4) is 0 Å². The Labute approximate surface area is 120 Å². The Morgan fingerprint density at radius 3 is 2.38 bits per heavy atom. The zero-order valence-corrected chi connectivity index (χ0v) is 14.4. The van der Waals surface area contributed by atoms with Crippen molar-refractivity contribution in [3.05, 3.63) is 20.8 Å². The lowest BCUT2D eigenvalue weighted by atomic mass is 9.83. The summed E-state index contributed by atoms with van der Waals surface area (Å²) in [5.74, 6) is 0.755. The van der Waals surface area contributed by atoms with Crippen LogP contribution in [-0.2, 0) is 0 Å². The summed E-state index contributed by atoms with van der Waals surface area (Å²) < 4.78 is 1.22. The Morgan fingerprint density at radius 1 is 1.31 bits per heavy atom. The van der Waals surface area contributed by atoms with E-state index in [1.165, 1.54) is 21.5 Å². The zero-order chi connectivity index (χ0) is 12.3. The number of rotatable bonds is 4. The van der Waals surface area contributed by atoms with Crippen LogP contribution in [0.4, 0.5) is 0 Å². The summed E-state index contributed by atoms with van der Waals surface area (Å²) in [5, 5.41) is 0. The largest absolute Gasteiger partial charge is 0.132 e. The van der Waals surface area contributed by atoms with E-state index in [0.29, 0.717) is 10.2 Å². The SMILES string of the molecule is CC(CC(Br)c1ccc(Br)s1)CC(C)(C)C. The molecule has 0 spiro atoms. The van der Waals surface area contributed by atoms with Gasteiger partial charge >= 0.3 is 0 Å². The van der Waals surface area contributed by atoms with Gasteiger partial charge in [0.15, 0.2) is 0 Å². The van der Waals surface area contributed by atoms with E-state index in [9.17, 15) is 0 Å². The third-order valence-electron chi connectivity index (χ3n) is 2.47. The molecule has 0 aliphatic heterocycles. The third-order valence-corrected chi connectivity index (χ3v) is 5.38. The summed E-state index contributed by atoms with van der Waals surface area (Å²) in [6.07, 6.45) is 2.49. The van der Waals surface area contributed by atoms with Crippen molar-refractivity contribution in [3.63, 3.8) is 0 Å². The number of hydrogen-bond donors (Lipinski definition) is 0. The van der Waals surface area contributed by atoms with Crippen LogP contribution in [0, 0.1) is 11.3 Å². The molecular formula is C13H20Br2S. The summed E-state index contributed by atoms with van der Waals surface area (Å²) in [7, 11) is 0. The second kappa shape index (κ2) is 6.01. The first-order valence-electron chi connectivity index (χ1n) is 5.67. The molecular weight excluding hydrogens is 348 g/mol. The number of halogens is 2. The molecule has 0 radical (unpaired) electrons. The van der Waals surface area contributed by atoms with Crippen LogP contribution in [0.1, 0.15) is 50.2 Å². The Balaban J connectivity index is 2.48. The minimum atomic E-state index is 0.433. The van der Waals surface area contributed by atoms with E-state index in [2.05, 4.69) is 71.7 Å². The lowest BCUT2D eigenvalue weighted by Crippen LogP contribution is -2.12. The molecule has 16 heavy (non-hydrogen) atoms. The van der Waals surface area contributed by atoms with Gasteiger partial charge in [0.1, 0.15) is 0 Å². The molecule has 0 bridgehead atoms. The first-order valence-corrected chi connectivity index (χ1v) is 8.20. The average molecular weight is 368 g/mol. The monoisotopic (exact) mass is 366 g/mol. The Hall–Kier alpha value is 0.660. The van der Waals surface area contributed by atoms with Crippen molar-refractivity contribution in [2.75, 3.05) is 0 Å². The van der Waals surface area contributed by atoms with E-state index in [1.54, 1.807) is 0 Å². The molecule has 3 heteroatoms. The highest BCUT2D eigenvalue weighted by Gasteiger charge is 2.19. The van der Waals surface area contributed by atoms with Gasteiger partial charge in [-0.15, -0.1) is 11.3 Å². The lowest BCUT2D eigenvalue weighted by molar-refractivity contribution is 0.297. The second-order valence-corrected chi connectivity index (χ2v) is 9.31. The van der Waals surface area contributed by atoms with E-state index in [4.69, 9.17) is 0 Å². The quantitative estimate of drug-likeness (QED) is 0.539. The van der Waals surface area contributed by atoms with Crippen LogP contribution in [0.15, 0.2) is 15.9 Å². The van der Waals surface area contributed by atoms with Crippen molar-refractivity contribution >= 4 is 43.2 Å². The summed E-state index contributed by atoms with van der Waals surface area (Å²) >= 11 is 9.14. The van der Waals surface area contributed by atoms with Gasteiger partial charge in [0, 0.05) is 9.70 Å². The Bertz CT molecular complexity index is 325. The van der Waals surface area contributed by atoms with Crippen LogP contribution in [0.3, 0.4) is 0 Å². The average Bonchev–Trinajstić information content (AvgIpc) is 2.47. The van der Waals surface area contributed by atoms with Gasteiger partial charge in [-0.2, -0.15) is 0 Å². The van der Waals surface area contributed by atoms with E-state index < -0.39 is 0 Å². The maximum atomic E-state index is 3.80. The molecule has 0 saturated heterocycles. The number of thiophene rings is 1. The van der Waals surface area contributed by atoms with Gasteiger partial charge in [-0.05, 0) is 52.2 Å². The molecule has 0 aliphatic carbocycles. The topological polar surface area (TPSA) is 0 Å². The highest BCUT2D eigenvalue weighted by Crippen LogP contribution is 2.38. The van der Waals surface area contributed by atoms with E-state index in [1.807, 2.05) is 11.3 Å². The Morgan fingerprint density at radius 2 is 1.94 bits per heavy atom. The fourth-order valence-corrected chi connectivity index (χ4v) is 4.58. The molecule has 2 atom stereocenters. The molecule has 1 heterocycles.